The maximum Gasteiger partial charge on any atom is 0.407 e. The smallest absolute Gasteiger partial charge is 0.407 e. The predicted octanol–water partition coefficient (Wildman–Crippen LogP) is 7.60. The maximum atomic E-state index is 16.6. The second kappa shape index (κ2) is 17.3. The minimum atomic E-state index is -3.29. The third kappa shape index (κ3) is 7.83. The van der Waals surface area contributed by atoms with Gasteiger partial charge in [-0.2, -0.15) is 8.78 Å². The standard InChI is InChI=1S/C47H52F2N8O7/c1-25(2)39(54-45(60)62-3)43(58)57-18-6-8-38(57)42-51-34-14-11-28(23-35(34)52-42)27-9-12-30-31-13-10-29(22-33(31)47(48,49)32(30)21-27)36-24-50-41(53-36)37-7-5-17-56(37)44(59)40(55-46(61)63-4)26-15-19-64-20-16-26/h9-14,21-26,37-40H,5-8,15-20H2,1-4H3,(H,50,53)(H,51,52)(H,54,60)(H,55,61)/t37?,38-,39-,40-/m0/s1. The van der Waals surface area contributed by atoms with Gasteiger partial charge in [0.25, 0.3) is 5.92 Å². The van der Waals surface area contributed by atoms with Crippen LogP contribution in [0.3, 0.4) is 0 Å². The third-order valence-electron chi connectivity index (χ3n) is 13.3. The van der Waals surface area contributed by atoms with Crippen molar-refractivity contribution in [1.29, 1.82) is 0 Å². The van der Waals surface area contributed by atoms with Gasteiger partial charge in [-0.25, -0.2) is 19.6 Å². The van der Waals surface area contributed by atoms with E-state index in [-0.39, 0.29) is 46.9 Å². The molecule has 0 bridgehead atoms. The number of alkyl carbamates (subject to hydrolysis) is 2. The van der Waals surface area contributed by atoms with Gasteiger partial charge in [0, 0.05) is 43.0 Å². The van der Waals surface area contributed by atoms with Crippen LogP contribution in [0.25, 0.3) is 44.5 Å². The van der Waals surface area contributed by atoms with Crippen molar-refractivity contribution in [3.05, 3.63) is 83.6 Å². The van der Waals surface area contributed by atoms with Crippen LogP contribution in [-0.4, -0.2) is 106 Å². The van der Waals surface area contributed by atoms with E-state index in [1.165, 1.54) is 20.3 Å². The molecule has 0 saturated carbocycles. The molecule has 1 aliphatic carbocycles. The van der Waals surface area contributed by atoms with E-state index in [0.717, 1.165) is 18.4 Å². The first-order chi connectivity index (χ1) is 30.9. The second-order valence-corrected chi connectivity index (χ2v) is 17.4. The van der Waals surface area contributed by atoms with Crippen LogP contribution < -0.4 is 10.6 Å². The number of halogens is 2. The summed E-state index contributed by atoms with van der Waals surface area (Å²) in [6.45, 7) is 5.75. The minimum Gasteiger partial charge on any atom is -0.453 e. The monoisotopic (exact) mass is 878 g/mol. The highest BCUT2D eigenvalue weighted by Crippen LogP contribution is 2.53. The zero-order chi connectivity index (χ0) is 44.9. The number of hydrogen-bond donors (Lipinski definition) is 4. The Morgan fingerprint density at radius 1 is 0.766 bits per heavy atom. The number of hydrogen-bond acceptors (Lipinski definition) is 9. The van der Waals surface area contributed by atoms with Gasteiger partial charge in [-0.3, -0.25) is 9.59 Å². The van der Waals surface area contributed by atoms with Gasteiger partial charge in [0.2, 0.25) is 11.8 Å². The molecular weight excluding hydrogens is 827 g/mol. The van der Waals surface area contributed by atoms with Gasteiger partial charge < -0.3 is 44.6 Å². The first kappa shape index (κ1) is 42.9. The maximum absolute atomic E-state index is 16.6. The Morgan fingerprint density at radius 3 is 2.03 bits per heavy atom. The van der Waals surface area contributed by atoms with Gasteiger partial charge in [-0.1, -0.05) is 44.2 Å². The van der Waals surface area contributed by atoms with E-state index in [1.54, 1.807) is 40.3 Å². The summed E-state index contributed by atoms with van der Waals surface area (Å²) in [6, 6.07) is 13.5. The lowest BCUT2D eigenvalue weighted by atomic mass is 9.90. The highest BCUT2D eigenvalue weighted by atomic mass is 19.3. The summed E-state index contributed by atoms with van der Waals surface area (Å²) in [4.78, 5) is 71.8. The molecule has 17 heteroatoms. The molecular formula is C47H52F2N8O7. The van der Waals surface area contributed by atoms with Crippen molar-refractivity contribution in [3.8, 4) is 33.5 Å². The van der Waals surface area contributed by atoms with Gasteiger partial charge >= 0.3 is 12.2 Å². The van der Waals surface area contributed by atoms with Gasteiger partial charge in [0.15, 0.2) is 0 Å². The summed E-state index contributed by atoms with van der Waals surface area (Å²) >= 11 is 0. The number of amides is 4. The molecule has 1 unspecified atom stereocenters. The Kier molecular flexibility index (Phi) is 11.6. The molecule has 4 aliphatic rings. The van der Waals surface area contributed by atoms with Crippen molar-refractivity contribution < 1.29 is 42.2 Å². The number of benzene rings is 3. The SMILES string of the molecule is COC(=O)N[C@H](C(=O)N1CCC[C@H]1c1nc2ccc(-c3ccc4c(c3)C(F)(F)c3cc(-c5cnc(C6CCCN6C(=O)[C@@H](NC(=O)OC)C6CCOCC6)[nH]5)ccc3-4)cc2[nH]1)C(C)C. The Balaban J connectivity index is 0.931. The number of fused-ring (bicyclic) bond motifs is 4. The molecule has 64 heavy (non-hydrogen) atoms. The van der Waals surface area contributed by atoms with Crippen molar-refractivity contribution in [2.24, 2.45) is 11.8 Å². The number of alkyl halides is 2. The topological polar surface area (TPSA) is 184 Å². The molecule has 4 amide bonds. The van der Waals surface area contributed by atoms with Crippen LogP contribution in [0.15, 0.2) is 60.8 Å². The average Bonchev–Trinajstić information content (AvgIpc) is 4.17. The highest BCUT2D eigenvalue weighted by molar-refractivity contribution is 5.89. The molecule has 3 aliphatic heterocycles. The fourth-order valence-electron chi connectivity index (χ4n) is 9.89. The number of nitrogens with zero attached hydrogens (tertiary/aromatic N) is 4. The number of methoxy groups -OCH3 is 2. The molecule has 3 fully saturated rings. The summed E-state index contributed by atoms with van der Waals surface area (Å²) in [5, 5.41) is 5.44. The summed E-state index contributed by atoms with van der Waals surface area (Å²) in [5.41, 5.74) is 4.53. The van der Waals surface area contributed by atoms with Crippen LogP contribution in [0.4, 0.5) is 18.4 Å². The summed E-state index contributed by atoms with van der Waals surface area (Å²) in [6.07, 6.45) is 4.40. The van der Waals surface area contributed by atoms with Crippen molar-refractivity contribution >= 4 is 35.0 Å². The fraction of sp³-hybridized carbons (Fsp3) is 0.447. The second-order valence-electron chi connectivity index (χ2n) is 17.4. The number of aromatic amines is 2. The van der Waals surface area contributed by atoms with Crippen LogP contribution in [0.1, 0.15) is 87.2 Å². The zero-order valence-corrected chi connectivity index (χ0v) is 36.2. The first-order valence-electron chi connectivity index (χ1n) is 22.0. The third-order valence-corrected chi connectivity index (χ3v) is 13.3. The number of carbonyl (C=O) groups excluding carboxylic acids is 4. The van der Waals surface area contributed by atoms with E-state index in [4.69, 9.17) is 19.2 Å². The quantitative estimate of drug-likeness (QED) is 0.110. The Morgan fingerprint density at radius 2 is 1.36 bits per heavy atom. The van der Waals surface area contributed by atoms with E-state index in [0.29, 0.717) is 103 Å². The molecule has 15 nitrogen and oxygen atoms in total. The number of H-pyrrole nitrogens is 2. The van der Waals surface area contributed by atoms with Gasteiger partial charge in [-0.05, 0) is 96.9 Å². The Labute approximate surface area is 368 Å². The lowest BCUT2D eigenvalue weighted by Crippen LogP contribution is -2.53. The fourth-order valence-corrected chi connectivity index (χ4v) is 9.89. The normalized spacial score (nSPS) is 20.2. The molecule has 0 radical (unpaired) electrons. The largest absolute Gasteiger partial charge is 0.453 e. The average molecular weight is 879 g/mol. The zero-order valence-electron chi connectivity index (χ0n) is 36.2. The van der Waals surface area contributed by atoms with Gasteiger partial charge in [0.1, 0.15) is 23.7 Å². The van der Waals surface area contributed by atoms with Crippen molar-refractivity contribution in [2.45, 2.75) is 82.5 Å². The number of aromatic nitrogens is 4. The Bertz CT molecular complexity index is 2600. The molecule has 3 aromatic carbocycles. The van der Waals surface area contributed by atoms with Crippen LogP contribution in [0.2, 0.25) is 0 Å². The highest BCUT2D eigenvalue weighted by Gasteiger charge is 2.45. The van der Waals surface area contributed by atoms with E-state index in [2.05, 4.69) is 25.6 Å². The summed E-state index contributed by atoms with van der Waals surface area (Å²) < 4.78 is 48.3. The number of nitrogens with one attached hydrogen (secondary N) is 4. The predicted molar refractivity (Wildman–Crippen MR) is 232 cm³/mol. The van der Waals surface area contributed by atoms with E-state index >= 15 is 8.78 Å². The molecule has 5 heterocycles. The van der Waals surface area contributed by atoms with Crippen LogP contribution in [0.5, 0.6) is 0 Å². The molecule has 4 atom stereocenters. The van der Waals surface area contributed by atoms with E-state index in [9.17, 15) is 19.2 Å². The van der Waals surface area contributed by atoms with Gasteiger partial charge in [-0.15, -0.1) is 0 Å². The molecule has 4 N–H and O–H groups in total. The number of likely N-dealkylation sites (tertiary alicyclic amines) is 2. The lowest BCUT2D eigenvalue weighted by molar-refractivity contribution is -0.137. The van der Waals surface area contributed by atoms with Crippen LogP contribution in [0, 0.1) is 11.8 Å². The van der Waals surface area contributed by atoms with Crippen molar-refractivity contribution in [1.82, 2.24) is 40.4 Å². The number of imidazole rings is 2. The molecule has 0 spiro atoms. The Hall–Kier alpha value is -6.36. The van der Waals surface area contributed by atoms with E-state index < -0.39 is 30.2 Å². The summed E-state index contributed by atoms with van der Waals surface area (Å²) in [7, 11) is 2.53. The number of carbonyl (C=O) groups is 4. The lowest BCUT2D eigenvalue weighted by Gasteiger charge is -2.34. The number of rotatable bonds is 10. The van der Waals surface area contributed by atoms with Gasteiger partial charge in [0.05, 0.1) is 49.2 Å². The van der Waals surface area contributed by atoms with Crippen molar-refractivity contribution in [2.75, 3.05) is 40.5 Å². The first-order valence-corrected chi connectivity index (χ1v) is 22.0. The van der Waals surface area contributed by atoms with Crippen molar-refractivity contribution in [3.63, 3.8) is 0 Å². The van der Waals surface area contributed by atoms with Crippen LogP contribution in [-0.2, 0) is 29.7 Å². The number of ether oxygens (including phenoxy) is 3. The summed E-state index contributed by atoms with van der Waals surface area (Å²) in [5.74, 6) is -2.81. The molecule has 5 aromatic rings. The molecule has 9 rings (SSSR count). The van der Waals surface area contributed by atoms with Crippen LogP contribution >= 0.6 is 0 Å². The molecule has 3 saturated heterocycles. The molecule has 2 aromatic heterocycles. The molecule has 336 valence electrons. The van der Waals surface area contributed by atoms with E-state index in [1.807, 2.05) is 38.1 Å². The minimum absolute atomic E-state index is 0.0898.